The molecular weight excluding hydrogens is 568 g/mol. The minimum atomic E-state index is -0.990. The number of hydrogen-bond donors (Lipinski definition) is 2. The molecule has 2 N–H and O–H groups in total. The summed E-state index contributed by atoms with van der Waals surface area (Å²) in [5.41, 5.74) is 5.41. The van der Waals surface area contributed by atoms with E-state index >= 15 is 0 Å². The Kier molecular flexibility index (Phi) is 10.1. The largest absolute Gasteiger partial charge is 0.497 e. The van der Waals surface area contributed by atoms with Gasteiger partial charge in [0.15, 0.2) is 0 Å². The number of carboxylic acid groups (broad SMARTS) is 1. The molecule has 0 aromatic heterocycles. The van der Waals surface area contributed by atoms with Crippen LogP contribution in [0.3, 0.4) is 0 Å². The Morgan fingerprint density at radius 2 is 1.44 bits per heavy atom. The van der Waals surface area contributed by atoms with Crippen LogP contribution in [-0.4, -0.2) is 55.1 Å². The van der Waals surface area contributed by atoms with E-state index in [4.69, 9.17) is 9.47 Å². The molecule has 4 aromatic carbocycles. The van der Waals surface area contributed by atoms with Crippen LogP contribution in [0.1, 0.15) is 62.7 Å². The maximum Gasteiger partial charge on any atom is 0.305 e. The van der Waals surface area contributed by atoms with Crippen molar-refractivity contribution in [2.45, 2.75) is 38.1 Å². The van der Waals surface area contributed by atoms with Gasteiger partial charge in [0.05, 0.1) is 26.7 Å². The number of aryl methyl sites for hydroxylation is 1. The first-order chi connectivity index (χ1) is 21.9. The van der Waals surface area contributed by atoms with Crippen LogP contribution in [0, 0.1) is 0 Å². The summed E-state index contributed by atoms with van der Waals surface area (Å²) in [4.78, 5) is 41.0. The maximum atomic E-state index is 14.1. The number of aliphatic carboxylic acids is 1. The van der Waals surface area contributed by atoms with Gasteiger partial charge >= 0.3 is 5.97 Å². The van der Waals surface area contributed by atoms with E-state index in [2.05, 4.69) is 17.4 Å². The summed E-state index contributed by atoms with van der Waals surface area (Å²) in [5, 5.41) is 12.7. The standard InChI is InChI=1S/C37H38N2O6/c1-44-27-22-25(23-28(24-27)45-2)18-20-39(21-19-35(40)41)37(43)33-16-8-6-14-31(33)30-13-5-7-15-32(30)36(42)38-34-17-9-11-26-10-3-4-12-29(26)34/h3-8,10,12-16,22-24,34H,9,11,17-21H2,1-2H3,(H,38,42)(H,40,41). The molecule has 0 aliphatic heterocycles. The van der Waals surface area contributed by atoms with Crippen molar-refractivity contribution in [3.63, 3.8) is 0 Å². The number of ether oxygens (including phenoxy) is 2. The third kappa shape index (κ3) is 7.52. The topological polar surface area (TPSA) is 105 Å². The van der Waals surface area contributed by atoms with Crippen LogP contribution >= 0.6 is 0 Å². The normalized spacial score (nSPS) is 13.8. The highest BCUT2D eigenvalue weighted by atomic mass is 16.5. The molecule has 1 unspecified atom stereocenters. The molecule has 0 saturated carbocycles. The van der Waals surface area contributed by atoms with Crippen LogP contribution < -0.4 is 14.8 Å². The van der Waals surface area contributed by atoms with Crippen LogP contribution in [0.2, 0.25) is 0 Å². The zero-order valence-electron chi connectivity index (χ0n) is 25.6. The first-order valence-electron chi connectivity index (χ1n) is 15.2. The number of fused-ring (bicyclic) bond motifs is 1. The number of nitrogens with one attached hydrogen (secondary N) is 1. The molecular formula is C37H38N2O6. The van der Waals surface area contributed by atoms with E-state index in [1.807, 2.05) is 54.6 Å². The Morgan fingerprint density at radius 1 is 0.822 bits per heavy atom. The lowest BCUT2D eigenvalue weighted by Gasteiger charge is -2.27. The lowest BCUT2D eigenvalue weighted by molar-refractivity contribution is -0.137. The van der Waals surface area contributed by atoms with Gasteiger partial charge in [0.2, 0.25) is 0 Å². The third-order valence-electron chi connectivity index (χ3n) is 8.26. The van der Waals surface area contributed by atoms with Gasteiger partial charge in [0.1, 0.15) is 11.5 Å². The van der Waals surface area contributed by atoms with E-state index in [1.54, 1.807) is 43.4 Å². The number of nitrogens with zero attached hydrogens (tertiary/aromatic N) is 1. The summed E-state index contributed by atoms with van der Waals surface area (Å²) >= 11 is 0. The van der Waals surface area contributed by atoms with Gasteiger partial charge in [-0.25, -0.2) is 0 Å². The second kappa shape index (κ2) is 14.6. The van der Waals surface area contributed by atoms with Gasteiger partial charge < -0.3 is 24.8 Å². The maximum absolute atomic E-state index is 14.1. The molecule has 2 amide bonds. The molecule has 0 saturated heterocycles. The Labute approximate surface area is 263 Å². The molecule has 0 heterocycles. The summed E-state index contributed by atoms with van der Waals surface area (Å²) in [6.45, 7) is 0.312. The SMILES string of the molecule is COc1cc(CCN(CCC(=O)O)C(=O)c2ccccc2-c2ccccc2C(=O)NC2CCCc3ccccc32)cc(OC)c1. The fourth-order valence-corrected chi connectivity index (χ4v) is 5.95. The number of amides is 2. The lowest BCUT2D eigenvalue weighted by Crippen LogP contribution is -2.35. The second-order valence-electron chi connectivity index (χ2n) is 11.1. The number of hydrogen-bond acceptors (Lipinski definition) is 5. The Bertz CT molecular complexity index is 1660. The van der Waals surface area contributed by atoms with E-state index in [1.165, 1.54) is 5.56 Å². The highest BCUT2D eigenvalue weighted by Gasteiger charge is 2.25. The predicted octanol–water partition coefficient (Wildman–Crippen LogP) is 6.34. The summed E-state index contributed by atoms with van der Waals surface area (Å²) in [5.74, 6) is -0.243. The van der Waals surface area contributed by atoms with E-state index < -0.39 is 5.97 Å². The Balaban J connectivity index is 1.43. The van der Waals surface area contributed by atoms with E-state index in [9.17, 15) is 19.5 Å². The zero-order valence-corrected chi connectivity index (χ0v) is 25.6. The summed E-state index contributed by atoms with van der Waals surface area (Å²) < 4.78 is 10.8. The quantitative estimate of drug-likeness (QED) is 0.195. The molecule has 0 bridgehead atoms. The number of methoxy groups -OCH3 is 2. The molecule has 8 heteroatoms. The number of carbonyl (C=O) groups excluding carboxylic acids is 2. The van der Waals surface area contributed by atoms with Crippen molar-refractivity contribution in [2.24, 2.45) is 0 Å². The average molecular weight is 607 g/mol. The van der Waals surface area contributed by atoms with Crippen molar-refractivity contribution in [2.75, 3.05) is 27.3 Å². The summed E-state index contributed by atoms with van der Waals surface area (Å²) in [6.07, 6.45) is 3.12. The van der Waals surface area contributed by atoms with Crippen molar-refractivity contribution >= 4 is 17.8 Å². The molecule has 1 aliphatic carbocycles. The molecule has 5 rings (SSSR count). The van der Waals surface area contributed by atoms with Crippen molar-refractivity contribution in [3.05, 3.63) is 119 Å². The van der Waals surface area contributed by atoms with E-state index in [0.717, 1.165) is 30.4 Å². The highest BCUT2D eigenvalue weighted by molar-refractivity contribution is 6.06. The van der Waals surface area contributed by atoms with Crippen molar-refractivity contribution < 1.29 is 29.0 Å². The predicted molar refractivity (Wildman–Crippen MR) is 173 cm³/mol. The zero-order chi connectivity index (χ0) is 31.8. The first kappa shape index (κ1) is 31.3. The van der Waals surface area contributed by atoms with Gasteiger partial charge in [0, 0.05) is 30.3 Å². The molecule has 232 valence electrons. The minimum absolute atomic E-state index is 0.0345. The fourth-order valence-electron chi connectivity index (χ4n) is 5.95. The van der Waals surface area contributed by atoms with Gasteiger partial charge in [-0.3, -0.25) is 14.4 Å². The van der Waals surface area contributed by atoms with Crippen LogP contribution in [0.4, 0.5) is 0 Å². The average Bonchev–Trinajstić information content (AvgIpc) is 3.07. The van der Waals surface area contributed by atoms with Gasteiger partial charge in [-0.2, -0.15) is 0 Å². The van der Waals surface area contributed by atoms with Crippen molar-refractivity contribution in [1.29, 1.82) is 0 Å². The van der Waals surface area contributed by atoms with Gasteiger partial charge in [0.25, 0.3) is 11.8 Å². The third-order valence-corrected chi connectivity index (χ3v) is 8.26. The molecule has 0 radical (unpaired) electrons. The first-order valence-corrected chi connectivity index (χ1v) is 15.2. The van der Waals surface area contributed by atoms with E-state index in [-0.39, 0.29) is 37.4 Å². The summed E-state index contributed by atoms with van der Waals surface area (Å²) in [7, 11) is 3.15. The van der Waals surface area contributed by atoms with Gasteiger partial charge in [-0.05, 0) is 77.8 Å². The molecule has 8 nitrogen and oxygen atoms in total. The number of rotatable bonds is 12. The monoisotopic (exact) mass is 606 g/mol. The van der Waals surface area contributed by atoms with E-state index in [0.29, 0.717) is 40.2 Å². The fraction of sp³-hybridized carbons (Fsp3) is 0.270. The van der Waals surface area contributed by atoms with Crippen LogP contribution in [0.5, 0.6) is 11.5 Å². The van der Waals surface area contributed by atoms with Crippen molar-refractivity contribution in [3.8, 4) is 22.6 Å². The lowest BCUT2D eigenvalue weighted by atomic mass is 9.87. The van der Waals surface area contributed by atoms with Crippen LogP contribution in [0.15, 0.2) is 91.0 Å². The number of carboxylic acids is 1. The molecule has 1 aliphatic rings. The molecule has 0 fully saturated rings. The minimum Gasteiger partial charge on any atom is -0.497 e. The van der Waals surface area contributed by atoms with Crippen LogP contribution in [-0.2, 0) is 17.6 Å². The van der Waals surface area contributed by atoms with Crippen molar-refractivity contribution in [1.82, 2.24) is 10.2 Å². The highest BCUT2D eigenvalue weighted by Crippen LogP contribution is 2.32. The number of carbonyl (C=O) groups is 3. The molecule has 45 heavy (non-hydrogen) atoms. The molecule has 4 aromatic rings. The Morgan fingerprint density at radius 3 is 2.13 bits per heavy atom. The Hall–Kier alpha value is -5.11. The van der Waals surface area contributed by atoms with Gasteiger partial charge in [-0.15, -0.1) is 0 Å². The smallest absolute Gasteiger partial charge is 0.305 e. The second-order valence-corrected chi connectivity index (χ2v) is 11.1. The summed E-state index contributed by atoms with van der Waals surface area (Å²) in [6, 6.07) is 28.1. The van der Waals surface area contributed by atoms with Gasteiger partial charge in [-0.1, -0.05) is 60.7 Å². The molecule has 0 spiro atoms. The van der Waals surface area contributed by atoms with Crippen LogP contribution in [0.25, 0.3) is 11.1 Å². The number of benzene rings is 4. The molecule has 1 atom stereocenters.